The molecule has 1 heterocycles. The fraction of sp³-hybridized carbons (Fsp3) is 0.267. The Bertz CT molecular complexity index is 587. The van der Waals surface area contributed by atoms with E-state index >= 15 is 0 Å². The first kappa shape index (κ1) is 13.8. The lowest BCUT2D eigenvalue weighted by molar-refractivity contribution is -0.116. The second-order valence-electron chi connectivity index (χ2n) is 4.64. The van der Waals surface area contributed by atoms with E-state index in [9.17, 15) is 4.79 Å². The molecule has 1 aromatic carbocycles. The number of fused-ring (bicyclic) bond motifs is 1. The van der Waals surface area contributed by atoms with Gasteiger partial charge in [0.1, 0.15) is 0 Å². The van der Waals surface area contributed by atoms with Gasteiger partial charge in [-0.2, -0.15) is 0 Å². The van der Waals surface area contributed by atoms with Crippen LogP contribution in [0.15, 0.2) is 41.8 Å². The van der Waals surface area contributed by atoms with Gasteiger partial charge in [0.15, 0.2) is 0 Å². The lowest BCUT2D eigenvalue weighted by Gasteiger charge is -2.05. The van der Waals surface area contributed by atoms with Gasteiger partial charge >= 0.3 is 0 Å². The average molecular weight is 274 g/mol. The predicted molar refractivity (Wildman–Crippen MR) is 81.4 cm³/mol. The second kappa shape index (κ2) is 6.50. The lowest BCUT2D eigenvalue weighted by atomic mass is 10.1. The number of nitrogens with one attached hydrogen (secondary N) is 1. The van der Waals surface area contributed by atoms with Crippen molar-refractivity contribution in [3.8, 4) is 0 Å². The molecule has 0 radical (unpaired) electrons. The molecule has 0 fully saturated rings. The van der Waals surface area contributed by atoms with Crippen LogP contribution in [0.4, 0.5) is 0 Å². The first-order valence-corrected chi connectivity index (χ1v) is 7.09. The van der Waals surface area contributed by atoms with Crippen LogP contribution in [0, 0.1) is 0 Å². The highest BCUT2D eigenvalue weighted by Gasteiger charge is 2.03. The van der Waals surface area contributed by atoms with Crippen LogP contribution in [0.25, 0.3) is 10.1 Å². The van der Waals surface area contributed by atoms with Crippen molar-refractivity contribution in [1.82, 2.24) is 10.2 Å². The molecule has 0 saturated heterocycles. The maximum atomic E-state index is 11.7. The van der Waals surface area contributed by atoms with E-state index in [1.165, 1.54) is 15.6 Å². The number of hydrogen-bond acceptors (Lipinski definition) is 3. The zero-order valence-electron chi connectivity index (χ0n) is 11.2. The molecule has 0 spiro atoms. The summed E-state index contributed by atoms with van der Waals surface area (Å²) in [5, 5.41) is 6.23. The third-order valence-corrected chi connectivity index (χ3v) is 3.76. The summed E-state index contributed by atoms with van der Waals surface area (Å²) in [5.74, 6) is -0.0459. The van der Waals surface area contributed by atoms with Crippen LogP contribution < -0.4 is 5.32 Å². The largest absolute Gasteiger partial charge is 0.348 e. The van der Waals surface area contributed by atoms with Crippen molar-refractivity contribution >= 4 is 27.3 Å². The molecule has 2 aromatic rings. The number of thiophene rings is 1. The topological polar surface area (TPSA) is 32.3 Å². The molecule has 19 heavy (non-hydrogen) atoms. The number of carbonyl (C=O) groups excluding carboxylic acids is 1. The molecule has 3 nitrogen and oxygen atoms in total. The maximum absolute atomic E-state index is 11.7. The molecule has 0 unspecified atom stereocenters. The smallest absolute Gasteiger partial charge is 0.243 e. The van der Waals surface area contributed by atoms with Crippen molar-refractivity contribution in [3.63, 3.8) is 0 Å². The molecule has 2 rings (SSSR count). The van der Waals surface area contributed by atoms with Gasteiger partial charge in [-0.05, 0) is 36.5 Å². The molecule has 100 valence electrons. The number of rotatable bonds is 5. The van der Waals surface area contributed by atoms with Gasteiger partial charge in [-0.25, -0.2) is 0 Å². The van der Waals surface area contributed by atoms with E-state index in [0.717, 1.165) is 6.54 Å². The van der Waals surface area contributed by atoms with E-state index in [0.29, 0.717) is 6.54 Å². The second-order valence-corrected chi connectivity index (χ2v) is 5.55. The van der Waals surface area contributed by atoms with Crippen molar-refractivity contribution in [2.45, 2.75) is 6.54 Å². The third kappa shape index (κ3) is 3.91. The number of benzene rings is 1. The summed E-state index contributed by atoms with van der Waals surface area (Å²) >= 11 is 1.71. The fourth-order valence-corrected chi connectivity index (χ4v) is 2.72. The van der Waals surface area contributed by atoms with Crippen LogP contribution >= 0.6 is 11.3 Å². The standard InChI is InChI=1S/C15H18N2OS/c1-17(2)9-4-7-14(18)16-11-13-6-3-5-12-8-10-19-15(12)13/h3-8,10H,9,11H2,1-2H3,(H,16,18)/b7-4+. The van der Waals surface area contributed by atoms with Crippen molar-refractivity contribution in [2.75, 3.05) is 20.6 Å². The monoisotopic (exact) mass is 274 g/mol. The van der Waals surface area contributed by atoms with Crippen LogP contribution in [0.2, 0.25) is 0 Å². The van der Waals surface area contributed by atoms with Crippen molar-refractivity contribution in [1.29, 1.82) is 0 Å². The van der Waals surface area contributed by atoms with Gasteiger partial charge in [-0.1, -0.05) is 24.3 Å². The Hall–Kier alpha value is -1.65. The zero-order valence-corrected chi connectivity index (χ0v) is 12.0. The van der Waals surface area contributed by atoms with E-state index in [2.05, 4.69) is 28.9 Å². The van der Waals surface area contributed by atoms with Gasteiger partial charge < -0.3 is 10.2 Å². The average Bonchev–Trinajstić information content (AvgIpc) is 2.84. The molecule has 4 heteroatoms. The van der Waals surface area contributed by atoms with Crippen LogP contribution in [0.3, 0.4) is 0 Å². The van der Waals surface area contributed by atoms with Crippen LogP contribution in [0.1, 0.15) is 5.56 Å². The third-order valence-electron chi connectivity index (χ3n) is 2.75. The lowest BCUT2D eigenvalue weighted by Crippen LogP contribution is -2.21. The summed E-state index contributed by atoms with van der Waals surface area (Å²) in [6, 6.07) is 8.28. The molecule has 0 aliphatic heterocycles. The highest BCUT2D eigenvalue weighted by atomic mass is 32.1. The highest BCUT2D eigenvalue weighted by Crippen LogP contribution is 2.24. The van der Waals surface area contributed by atoms with E-state index in [4.69, 9.17) is 0 Å². The Kier molecular flexibility index (Phi) is 4.71. The summed E-state index contributed by atoms with van der Waals surface area (Å²) < 4.78 is 1.25. The van der Waals surface area contributed by atoms with Gasteiger partial charge in [0.2, 0.25) is 5.91 Å². The minimum Gasteiger partial charge on any atom is -0.348 e. The Morgan fingerprint density at radius 3 is 3.00 bits per heavy atom. The molecule has 0 saturated carbocycles. The maximum Gasteiger partial charge on any atom is 0.243 e. The summed E-state index contributed by atoms with van der Waals surface area (Å²) in [5.41, 5.74) is 1.17. The van der Waals surface area contributed by atoms with Crippen LogP contribution in [0.5, 0.6) is 0 Å². The molecule has 0 aliphatic carbocycles. The van der Waals surface area contributed by atoms with Crippen molar-refractivity contribution < 1.29 is 4.79 Å². The fourth-order valence-electron chi connectivity index (χ4n) is 1.81. The molecule has 0 atom stereocenters. The number of nitrogens with zero attached hydrogens (tertiary/aromatic N) is 1. The SMILES string of the molecule is CN(C)C/C=C/C(=O)NCc1cccc2ccsc12. The van der Waals surface area contributed by atoms with Crippen LogP contribution in [-0.4, -0.2) is 31.4 Å². The van der Waals surface area contributed by atoms with Gasteiger partial charge in [-0.15, -0.1) is 11.3 Å². The molecule has 1 amide bonds. The summed E-state index contributed by atoms with van der Waals surface area (Å²) in [6.07, 6.45) is 3.45. The Morgan fingerprint density at radius 1 is 1.37 bits per heavy atom. The van der Waals surface area contributed by atoms with Crippen LogP contribution in [-0.2, 0) is 11.3 Å². The summed E-state index contributed by atoms with van der Waals surface area (Å²) in [7, 11) is 3.94. The van der Waals surface area contributed by atoms with E-state index in [1.54, 1.807) is 17.4 Å². The molecule has 0 aliphatic rings. The van der Waals surface area contributed by atoms with Gasteiger partial charge in [0.25, 0.3) is 0 Å². The van der Waals surface area contributed by atoms with Crippen molar-refractivity contribution in [3.05, 3.63) is 47.4 Å². The number of likely N-dealkylation sites (N-methyl/N-ethyl adjacent to an activating group) is 1. The predicted octanol–water partition coefficient (Wildman–Crippen LogP) is 2.64. The first-order chi connectivity index (χ1) is 9.16. The van der Waals surface area contributed by atoms with E-state index in [-0.39, 0.29) is 5.91 Å². The molecule has 1 aromatic heterocycles. The highest BCUT2D eigenvalue weighted by molar-refractivity contribution is 7.17. The molecule has 1 N–H and O–H groups in total. The quantitative estimate of drug-likeness (QED) is 0.850. The normalized spacial score (nSPS) is 11.5. The minimum absolute atomic E-state index is 0.0459. The van der Waals surface area contributed by atoms with Crippen molar-refractivity contribution in [2.24, 2.45) is 0 Å². The molecule has 0 bridgehead atoms. The summed E-state index contributed by atoms with van der Waals surface area (Å²) in [4.78, 5) is 13.7. The van der Waals surface area contributed by atoms with Gasteiger partial charge in [0, 0.05) is 23.9 Å². The number of carbonyl (C=O) groups is 1. The molecular formula is C15H18N2OS. The summed E-state index contributed by atoms with van der Waals surface area (Å²) in [6.45, 7) is 1.34. The molecular weight excluding hydrogens is 256 g/mol. The first-order valence-electron chi connectivity index (χ1n) is 6.21. The van der Waals surface area contributed by atoms with E-state index in [1.807, 2.05) is 31.1 Å². The van der Waals surface area contributed by atoms with Gasteiger partial charge in [0.05, 0.1) is 0 Å². The Labute approximate surface area is 117 Å². The van der Waals surface area contributed by atoms with E-state index < -0.39 is 0 Å². The Balaban J connectivity index is 1.93. The zero-order chi connectivity index (χ0) is 13.7. The minimum atomic E-state index is -0.0459. The van der Waals surface area contributed by atoms with Gasteiger partial charge in [-0.3, -0.25) is 4.79 Å². The Morgan fingerprint density at radius 2 is 2.21 bits per heavy atom. The number of hydrogen-bond donors (Lipinski definition) is 1. The number of amides is 1.